The summed E-state index contributed by atoms with van der Waals surface area (Å²) in [5.74, 6) is 0. The van der Waals surface area contributed by atoms with Crippen molar-refractivity contribution >= 4 is 11.6 Å². The van der Waals surface area contributed by atoms with E-state index < -0.39 is 0 Å². The van der Waals surface area contributed by atoms with E-state index in [1.165, 1.54) is 22.3 Å². The Kier molecular flexibility index (Phi) is 7.38. The highest BCUT2D eigenvalue weighted by molar-refractivity contribution is 5.74. The predicted octanol–water partition coefficient (Wildman–Crippen LogP) is 4.70. The van der Waals surface area contributed by atoms with Crippen LogP contribution >= 0.6 is 0 Å². The summed E-state index contributed by atoms with van der Waals surface area (Å²) in [6, 6.07) is 7.07. The van der Waals surface area contributed by atoms with Gasteiger partial charge in [-0.1, -0.05) is 45.9 Å². The molecule has 0 fully saturated rings. The van der Waals surface area contributed by atoms with E-state index in [4.69, 9.17) is 0 Å². The van der Waals surface area contributed by atoms with Crippen LogP contribution in [-0.2, 0) is 6.54 Å². The van der Waals surface area contributed by atoms with Crippen molar-refractivity contribution in [3.05, 3.63) is 59.4 Å². The maximum Gasteiger partial charge on any atom is 0.0486 e. The van der Waals surface area contributed by atoms with Gasteiger partial charge in [-0.3, -0.25) is 0 Å². The van der Waals surface area contributed by atoms with Gasteiger partial charge in [0, 0.05) is 12.6 Å². The number of hydrogen-bond donors (Lipinski definition) is 2. The number of allylic oxidation sites excluding steroid dienone is 2. The van der Waals surface area contributed by atoms with Crippen LogP contribution in [0.3, 0.4) is 0 Å². The van der Waals surface area contributed by atoms with Crippen LogP contribution in [0.15, 0.2) is 42.8 Å². The van der Waals surface area contributed by atoms with E-state index >= 15 is 0 Å². The van der Waals surface area contributed by atoms with E-state index in [2.05, 4.69) is 54.0 Å². The number of rotatable bonds is 1. The number of hydrogen-bond acceptors (Lipinski definition) is 2. The van der Waals surface area contributed by atoms with E-state index in [-0.39, 0.29) is 0 Å². The largest absolute Gasteiger partial charge is 0.387 e. The van der Waals surface area contributed by atoms with E-state index in [0.29, 0.717) is 6.04 Å². The molecule has 0 radical (unpaired) electrons. The van der Waals surface area contributed by atoms with Gasteiger partial charge in [-0.2, -0.15) is 0 Å². The lowest BCUT2D eigenvalue weighted by atomic mass is 9.93. The van der Waals surface area contributed by atoms with E-state index in [9.17, 15) is 0 Å². The van der Waals surface area contributed by atoms with Crippen LogP contribution in [0.25, 0.3) is 11.6 Å². The Morgan fingerprint density at radius 3 is 2.52 bits per heavy atom. The second kappa shape index (κ2) is 9.06. The molecule has 2 aliphatic rings. The Labute approximate surface area is 129 Å². The molecule has 0 saturated carbocycles. The van der Waals surface area contributed by atoms with Crippen molar-refractivity contribution in [2.24, 2.45) is 0 Å². The summed E-state index contributed by atoms with van der Waals surface area (Å²) in [5.41, 5.74) is 5.35. The maximum absolute atomic E-state index is 3.33. The molecule has 0 amide bonds. The normalized spacial score (nSPS) is 17.8. The maximum atomic E-state index is 3.33. The molecule has 2 heterocycles. The lowest BCUT2D eigenvalue weighted by molar-refractivity contribution is 0.778. The molecule has 0 aliphatic carbocycles. The molecule has 114 valence electrons. The third kappa shape index (κ3) is 4.25. The van der Waals surface area contributed by atoms with Crippen LogP contribution in [-0.4, -0.2) is 6.04 Å². The molecule has 2 nitrogen and oxygen atoms in total. The molecular formula is C19H28N2. The lowest BCUT2D eigenvalue weighted by Gasteiger charge is -2.21. The van der Waals surface area contributed by atoms with Crippen LogP contribution < -0.4 is 10.6 Å². The molecule has 0 saturated heterocycles. The Morgan fingerprint density at radius 1 is 1.05 bits per heavy atom. The fraction of sp³-hybridized carbons (Fsp3) is 0.368. The van der Waals surface area contributed by atoms with Crippen molar-refractivity contribution in [2.75, 3.05) is 0 Å². The zero-order valence-corrected chi connectivity index (χ0v) is 13.9. The molecule has 1 atom stereocenters. The molecule has 0 aromatic heterocycles. The van der Waals surface area contributed by atoms with Crippen molar-refractivity contribution in [3.63, 3.8) is 0 Å². The first-order valence-corrected chi connectivity index (χ1v) is 8.00. The minimum absolute atomic E-state index is 0.380. The molecule has 0 bridgehead atoms. The molecule has 1 aromatic carbocycles. The first-order valence-electron chi connectivity index (χ1n) is 8.00. The zero-order chi connectivity index (χ0) is 15.7. The average molecular weight is 284 g/mol. The summed E-state index contributed by atoms with van der Waals surface area (Å²) in [4.78, 5) is 0. The smallest absolute Gasteiger partial charge is 0.0486 e. The van der Waals surface area contributed by atoms with Crippen LogP contribution in [0.1, 0.15) is 51.3 Å². The minimum Gasteiger partial charge on any atom is -0.387 e. The molecule has 21 heavy (non-hydrogen) atoms. The first-order chi connectivity index (χ1) is 10.3. The molecule has 2 N–H and O–H groups in total. The van der Waals surface area contributed by atoms with Crippen molar-refractivity contribution in [2.45, 2.75) is 47.2 Å². The number of benzene rings is 1. The van der Waals surface area contributed by atoms with Crippen LogP contribution in [0.4, 0.5) is 0 Å². The van der Waals surface area contributed by atoms with Gasteiger partial charge >= 0.3 is 0 Å². The Bertz CT molecular complexity index is 524. The molecule has 3 rings (SSSR count). The third-order valence-corrected chi connectivity index (χ3v) is 3.33. The summed E-state index contributed by atoms with van der Waals surface area (Å²) < 4.78 is 0. The summed E-state index contributed by atoms with van der Waals surface area (Å²) >= 11 is 0. The second-order valence-corrected chi connectivity index (χ2v) is 4.50. The Balaban J connectivity index is 0.000000510. The number of fused-ring (bicyclic) bond motifs is 1. The van der Waals surface area contributed by atoms with Crippen molar-refractivity contribution in [1.29, 1.82) is 0 Å². The summed E-state index contributed by atoms with van der Waals surface area (Å²) in [5, 5.41) is 6.58. The predicted molar refractivity (Wildman–Crippen MR) is 94.7 cm³/mol. The van der Waals surface area contributed by atoms with Gasteiger partial charge in [0.05, 0.1) is 0 Å². The van der Waals surface area contributed by atoms with E-state index in [1.54, 1.807) is 0 Å². The first kappa shape index (κ1) is 17.1. The highest BCUT2D eigenvalue weighted by Crippen LogP contribution is 2.25. The highest BCUT2D eigenvalue weighted by atomic mass is 14.9. The Morgan fingerprint density at radius 2 is 1.81 bits per heavy atom. The molecule has 0 spiro atoms. The minimum atomic E-state index is 0.380. The number of dihydropyridines is 1. The van der Waals surface area contributed by atoms with Crippen molar-refractivity contribution in [3.8, 4) is 0 Å². The highest BCUT2D eigenvalue weighted by Gasteiger charge is 2.13. The van der Waals surface area contributed by atoms with Gasteiger partial charge in [-0.15, -0.1) is 0 Å². The zero-order valence-electron chi connectivity index (χ0n) is 13.9. The molecule has 1 unspecified atom stereocenters. The van der Waals surface area contributed by atoms with Gasteiger partial charge in [-0.05, 0) is 59.8 Å². The van der Waals surface area contributed by atoms with E-state index in [1.807, 2.05) is 40.1 Å². The van der Waals surface area contributed by atoms with Crippen LogP contribution in [0, 0.1) is 0 Å². The standard InChI is InChI=1S/C15H16N2.2C2H6/c1-11-15(3-2-7-17-11)13-5-4-12-6-8-16-10-14(12)9-13;2*1-2/h2-9,11,16-17H,10H2,1H3;2*1-2H3. The fourth-order valence-electron chi connectivity index (χ4n) is 2.35. The monoisotopic (exact) mass is 284 g/mol. The summed E-state index contributed by atoms with van der Waals surface area (Å²) in [6.45, 7) is 11.1. The molecule has 2 aliphatic heterocycles. The average Bonchev–Trinajstić information content (AvgIpc) is 2.58. The van der Waals surface area contributed by atoms with Gasteiger partial charge in [0.25, 0.3) is 0 Å². The lowest BCUT2D eigenvalue weighted by Crippen LogP contribution is -2.24. The fourth-order valence-corrected chi connectivity index (χ4v) is 2.35. The third-order valence-electron chi connectivity index (χ3n) is 3.33. The van der Waals surface area contributed by atoms with E-state index in [0.717, 1.165) is 6.54 Å². The van der Waals surface area contributed by atoms with Gasteiger partial charge in [0.2, 0.25) is 0 Å². The van der Waals surface area contributed by atoms with Gasteiger partial charge < -0.3 is 10.6 Å². The number of nitrogens with one attached hydrogen (secondary N) is 2. The van der Waals surface area contributed by atoms with Crippen LogP contribution in [0.2, 0.25) is 0 Å². The summed E-state index contributed by atoms with van der Waals surface area (Å²) in [7, 11) is 0. The SMILES string of the molecule is CC.CC.CC1NC=CC=C1c1ccc2c(c1)CNC=C2. The molecule has 2 heteroatoms. The molecule has 1 aromatic rings. The Hall–Kier alpha value is -1.96. The van der Waals surface area contributed by atoms with Gasteiger partial charge in [-0.25, -0.2) is 0 Å². The van der Waals surface area contributed by atoms with Crippen LogP contribution in [0.5, 0.6) is 0 Å². The summed E-state index contributed by atoms with van der Waals surface area (Å²) in [6.07, 6.45) is 10.4. The van der Waals surface area contributed by atoms with Crippen molar-refractivity contribution < 1.29 is 0 Å². The van der Waals surface area contributed by atoms with Gasteiger partial charge in [0.1, 0.15) is 0 Å². The second-order valence-electron chi connectivity index (χ2n) is 4.50. The quantitative estimate of drug-likeness (QED) is 0.781. The topological polar surface area (TPSA) is 24.1 Å². The molecular weight excluding hydrogens is 256 g/mol. The van der Waals surface area contributed by atoms with Gasteiger partial charge in [0.15, 0.2) is 0 Å². The van der Waals surface area contributed by atoms with Crippen molar-refractivity contribution in [1.82, 2.24) is 10.6 Å².